The molecule has 1 heterocycles. The third kappa shape index (κ3) is 2.89. The maximum Gasteiger partial charge on any atom is 0.131 e. The molecule has 2 rings (SSSR count). The average Bonchev–Trinajstić information content (AvgIpc) is 2.63. The summed E-state index contributed by atoms with van der Waals surface area (Å²) in [7, 11) is 0. The Hall–Kier alpha value is 0.0300. The van der Waals surface area contributed by atoms with Crippen LogP contribution in [0.5, 0.6) is 0 Å². The van der Waals surface area contributed by atoms with Crippen molar-refractivity contribution in [3.05, 3.63) is 55.1 Å². The van der Waals surface area contributed by atoms with Crippen molar-refractivity contribution in [2.24, 2.45) is 0 Å². The molecule has 0 saturated carbocycles. The first kappa shape index (κ1) is 13.5. The van der Waals surface area contributed by atoms with Crippen LogP contribution in [0.3, 0.4) is 0 Å². The molecule has 0 N–H and O–H groups in total. The second-order valence-corrected chi connectivity index (χ2v) is 6.87. The summed E-state index contributed by atoms with van der Waals surface area (Å²) >= 11 is 13.4. The Morgan fingerprint density at radius 2 is 1.76 bits per heavy atom. The predicted molar refractivity (Wildman–Crippen MR) is 74.2 cm³/mol. The van der Waals surface area contributed by atoms with E-state index >= 15 is 0 Å². The first-order valence-electron chi connectivity index (χ1n) is 4.53. The maximum absolute atomic E-state index is 13.7. The molecule has 2 aromatic rings. The highest BCUT2D eigenvalue weighted by Crippen LogP contribution is 2.39. The van der Waals surface area contributed by atoms with Crippen LogP contribution in [-0.2, 0) is 0 Å². The van der Waals surface area contributed by atoms with E-state index in [-0.39, 0.29) is 5.56 Å². The fourth-order valence-electron chi connectivity index (χ4n) is 1.40. The Kier molecular flexibility index (Phi) is 4.23. The van der Waals surface area contributed by atoms with Crippen molar-refractivity contribution < 1.29 is 8.78 Å². The molecule has 17 heavy (non-hydrogen) atoms. The molecule has 6 heteroatoms. The Morgan fingerprint density at radius 3 is 2.24 bits per heavy atom. The quantitative estimate of drug-likeness (QED) is 0.547. The summed E-state index contributed by atoms with van der Waals surface area (Å²) in [5.41, 5.74) is -0.00767. The SMILES string of the molecule is Fc1cc(Br)cc(F)c1C(Br)c1ccc(Cl)s1. The first-order chi connectivity index (χ1) is 7.99. The van der Waals surface area contributed by atoms with Gasteiger partial charge in [0.25, 0.3) is 0 Å². The van der Waals surface area contributed by atoms with Crippen LogP contribution in [0.2, 0.25) is 4.34 Å². The Morgan fingerprint density at radius 1 is 1.18 bits per heavy atom. The molecule has 0 aliphatic heterocycles. The molecule has 0 saturated heterocycles. The van der Waals surface area contributed by atoms with Crippen molar-refractivity contribution in [3.8, 4) is 0 Å². The van der Waals surface area contributed by atoms with E-state index in [1.54, 1.807) is 12.1 Å². The van der Waals surface area contributed by atoms with E-state index in [9.17, 15) is 8.78 Å². The molecule has 1 unspecified atom stereocenters. The topological polar surface area (TPSA) is 0 Å². The third-order valence-electron chi connectivity index (χ3n) is 2.14. The highest BCUT2D eigenvalue weighted by Gasteiger charge is 2.21. The minimum Gasteiger partial charge on any atom is -0.206 e. The molecule has 0 aliphatic rings. The van der Waals surface area contributed by atoms with Gasteiger partial charge in [0.15, 0.2) is 0 Å². The molecule has 90 valence electrons. The smallest absolute Gasteiger partial charge is 0.131 e. The molecule has 1 aromatic carbocycles. The van der Waals surface area contributed by atoms with Crippen molar-refractivity contribution >= 4 is 54.8 Å². The second-order valence-electron chi connectivity index (χ2n) is 3.29. The minimum absolute atomic E-state index is 0.00767. The fourth-order valence-corrected chi connectivity index (χ4v) is 3.72. The molecule has 0 amide bonds. The lowest BCUT2D eigenvalue weighted by Crippen LogP contribution is -1.99. The van der Waals surface area contributed by atoms with Gasteiger partial charge in [-0.15, -0.1) is 11.3 Å². The van der Waals surface area contributed by atoms with Gasteiger partial charge in [0.1, 0.15) is 11.6 Å². The van der Waals surface area contributed by atoms with E-state index < -0.39 is 16.5 Å². The van der Waals surface area contributed by atoms with Gasteiger partial charge in [0.05, 0.1) is 9.16 Å². The van der Waals surface area contributed by atoms with Crippen LogP contribution < -0.4 is 0 Å². The highest BCUT2D eigenvalue weighted by molar-refractivity contribution is 9.10. The van der Waals surface area contributed by atoms with Crippen LogP contribution in [0.25, 0.3) is 0 Å². The van der Waals surface area contributed by atoms with Crippen molar-refractivity contribution in [1.29, 1.82) is 0 Å². The number of benzene rings is 1. The van der Waals surface area contributed by atoms with Gasteiger partial charge in [-0.25, -0.2) is 8.78 Å². The van der Waals surface area contributed by atoms with E-state index in [1.165, 1.54) is 23.5 Å². The lowest BCUT2D eigenvalue weighted by molar-refractivity contribution is 0.560. The number of hydrogen-bond donors (Lipinski definition) is 0. The van der Waals surface area contributed by atoms with Crippen molar-refractivity contribution in [3.63, 3.8) is 0 Å². The average molecular weight is 402 g/mol. The molecule has 0 spiro atoms. The van der Waals surface area contributed by atoms with Crippen LogP contribution in [0.4, 0.5) is 8.78 Å². The first-order valence-corrected chi connectivity index (χ1v) is 7.43. The van der Waals surface area contributed by atoms with Crippen LogP contribution in [0, 0.1) is 11.6 Å². The minimum atomic E-state index is -0.594. The van der Waals surface area contributed by atoms with Gasteiger partial charge in [0, 0.05) is 14.9 Å². The summed E-state index contributed by atoms with van der Waals surface area (Å²) in [6.07, 6.45) is 0. The lowest BCUT2D eigenvalue weighted by atomic mass is 10.1. The maximum atomic E-state index is 13.7. The van der Waals surface area contributed by atoms with Crippen LogP contribution in [0.15, 0.2) is 28.7 Å². The molecular weight excluding hydrogens is 397 g/mol. The normalized spacial score (nSPS) is 12.8. The highest BCUT2D eigenvalue weighted by atomic mass is 79.9. The van der Waals surface area contributed by atoms with Gasteiger partial charge >= 0.3 is 0 Å². The fraction of sp³-hybridized carbons (Fsp3) is 0.0909. The molecular formula is C11H5Br2ClF2S. The lowest BCUT2D eigenvalue weighted by Gasteiger charge is -2.11. The van der Waals surface area contributed by atoms with Crippen LogP contribution in [-0.4, -0.2) is 0 Å². The number of alkyl halides is 1. The molecule has 1 atom stereocenters. The molecule has 0 radical (unpaired) electrons. The molecule has 0 fully saturated rings. The van der Waals surface area contributed by atoms with Crippen molar-refractivity contribution in [2.75, 3.05) is 0 Å². The van der Waals surface area contributed by atoms with Gasteiger partial charge in [0.2, 0.25) is 0 Å². The zero-order chi connectivity index (χ0) is 12.6. The summed E-state index contributed by atoms with van der Waals surface area (Å²) in [5, 5.41) is 0. The van der Waals surface area contributed by atoms with E-state index in [4.69, 9.17) is 11.6 Å². The largest absolute Gasteiger partial charge is 0.206 e. The Labute approximate surface area is 123 Å². The van der Waals surface area contributed by atoms with Gasteiger partial charge in [-0.1, -0.05) is 43.5 Å². The number of halogens is 5. The summed E-state index contributed by atoms with van der Waals surface area (Å²) in [6.45, 7) is 0. The zero-order valence-corrected chi connectivity index (χ0v) is 12.9. The number of rotatable bonds is 2. The van der Waals surface area contributed by atoms with E-state index in [0.717, 1.165) is 4.88 Å². The van der Waals surface area contributed by atoms with Crippen LogP contribution >= 0.6 is 54.8 Å². The summed E-state index contributed by atoms with van der Waals surface area (Å²) in [6, 6.07) is 5.92. The molecule has 0 aliphatic carbocycles. The predicted octanol–water partition coefficient (Wildman–Crippen LogP) is 5.93. The van der Waals surface area contributed by atoms with Crippen molar-refractivity contribution in [2.45, 2.75) is 4.83 Å². The third-order valence-corrected chi connectivity index (χ3v) is 5.15. The van der Waals surface area contributed by atoms with Crippen LogP contribution in [0.1, 0.15) is 15.3 Å². The summed E-state index contributed by atoms with van der Waals surface area (Å²) in [4.78, 5) is 0.225. The van der Waals surface area contributed by atoms with E-state index in [1.807, 2.05) is 0 Å². The van der Waals surface area contributed by atoms with E-state index in [0.29, 0.717) is 8.81 Å². The second kappa shape index (κ2) is 5.34. The zero-order valence-electron chi connectivity index (χ0n) is 8.18. The standard InChI is InChI=1S/C11H5Br2ClF2S/c12-5-3-6(15)10(7(16)4-5)11(13)8-1-2-9(14)17-8/h1-4,11H. The monoisotopic (exact) mass is 400 g/mol. The summed E-state index contributed by atoms with van der Waals surface area (Å²) in [5.74, 6) is -1.19. The molecule has 0 bridgehead atoms. The molecule has 0 nitrogen and oxygen atoms in total. The Bertz CT molecular complexity index is 533. The summed E-state index contributed by atoms with van der Waals surface area (Å²) < 4.78 is 28.4. The van der Waals surface area contributed by atoms with Gasteiger partial charge in [-0.05, 0) is 24.3 Å². The molecule has 1 aromatic heterocycles. The van der Waals surface area contributed by atoms with Crippen molar-refractivity contribution in [1.82, 2.24) is 0 Å². The Balaban J connectivity index is 2.47. The van der Waals surface area contributed by atoms with Gasteiger partial charge in [-0.2, -0.15) is 0 Å². The van der Waals surface area contributed by atoms with E-state index in [2.05, 4.69) is 31.9 Å². The number of hydrogen-bond acceptors (Lipinski definition) is 1. The van der Waals surface area contributed by atoms with Gasteiger partial charge in [-0.3, -0.25) is 0 Å². The van der Waals surface area contributed by atoms with Gasteiger partial charge < -0.3 is 0 Å². The number of thiophene rings is 1.